The second-order valence-electron chi connectivity index (χ2n) is 6.21. The minimum absolute atomic E-state index is 0.0933. The van der Waals surface area contributed by atoms with Crippen molar-refractivity contribution in [1.29, 1.82) is 0 Å². The highest BCUT2D eigenvalue weighted by atomic mass is 32.1. The fourth-order valence-electron chi connectivity index (χ4n) is 2.83. The SMILES string of the molecule is COc1ccc(Cc2nc(C(=O)NCCCN3CCOCC3)cs2)cc1. The van der Waals surface area contributed by atoms with Gasteiger partial charge in [0.15, 0.2) is 0 Å². The number of nitrogens with zero attached hydrogens (tertiary/aromatic N) is 2. The summed E-state index contributed by atoms with van der Waals surface area (Å²) in [5.41, 5.74) is 1.66. The molecule has 1 aliphatic rings. The lowest BCUT2D eigenvalue weighted by Gasteiger charge is -2.26. The summed E-state index contributed by atoms with van der Waals surface area (Å²) >= 11 is 1.52. The number of amides is 1. The third-order valence-electron chi connectivity index (χ3n) is 4.34. The molecule has 1 aromatic carbocycles. The summed E-state index contributed by atoms with van der Waals surface area (Å²) in [4.78, 5) is 19.1. The van der Waals surface area contributed by atoms with Gasteiger partial charge >= 0.3 is 0 Å². The van der Waals surface area contributed by atoms with E-state index in [9.17, 15) is 4.79 Å². The van der Waals surface area contributed by atoms with Gasteiger partial charge in [0.2, 0.25) is 0 Å². The van der Waals surface area contributed by atoms with Gasteiger partial charge in [-0.25, -0.2) is 4.98 Å². The van der Waals surface area contributed by atoms with Gasteiger partial charge < -0.3 is 14.8 Å². The quantitative estimate of drug-likeness (QED) is 0.717. The maximum absolute atomic E-state index is 12.2. The van der Waals surface area contributed by atoms with Crippen molar-refractivity contribution in [3.63, 3.8) is 0 Å². The van der Waals surface area contributed by atoms with Crippen molar-refractivity contribution < 1.29 is 14.3 Å². The van der Waals surface area contributed by atoms with Crippen LogP contribution in [-0.2, 0) is 11.2 Å². The average Bonchev–Trinajstić information content (AvgIpc) is 3.15. The summed E-state index contributed by atoms with van der Waals surface area (Å²) < 4.78 is 10.5. The van der Waals surface area contributed by atoms with Crippen LogP contribution in [0.5, 0.6) is 5.75 Å². The zero-order chi connectivity index (χ0) is 18.2. The van der Waals surface area contributed by atoms with Crippen molar-refractivity contribution in [2.75, 3.05) is 46.5 Å². The lowest BCUT2D eigenvalue weighted by Crippen LogP contribution is -2.38. The number of morpholine rings is 1. The summed E-state index contributed by atoms with van der Waals surface area (Å²) in [5.74, 6) is 0.745. The topological polar surface area (TPSA) is 63.7 Å². The first-order valence-electron chi connectivity index (χ1n) is 8.90. The van der Waals surface area contributed by atoms with Crippen LogP contribution < -0.4 is 10.1 Å². The van der Waals surface area contributed by atoms with Crippen molar-refractivity contribution in [2.24, 2.45) is 0 Å². The Balaban J connectivity index is 1.42. The molecule has 0 radical (unpaired) electrons. The van der Waals surface area contributed by atoms with E-state index in [-0.39, 0.29) is 5.91 Å². The molecule has 0 spiro atoms. The Labute approximate surface area is 158 Å². The fourth-order valence-corrected chi connectivity index (χ4v) is 3.64. The summed E-state index contributed by atoms with van der Waals surface area (Å²) in [5, 5.41) is 5.73. The maximum atomic E-state index is 12.2. The van der Waals surface area contributed by atoms with E-state index in [4.69, 9.17) is 9.47 Å². The highest BCUT2D eigenvalue weighted by Crippen LogP contribution is 2.17. The minimum atomic E-state index is -0.0933. The molecule has 0 aliphatic carbocycles. The van der Waals surface area contributed by atoms with Crippen molar-refractivity contribution in [3.8, 4) is 5.75 Å². The molecule has 0 saturated carbocycles. The van der Waals surface area contributed by atoms with Gasteiger partial charge in [-0.2, -0.15) is 0 Å². The predicted molar refractivity (Wildman–Crippen MR) is 102 cm³/mol. The molecule has 26 heavy (non-hydrogen) atoms. The van der Waals surface area contributed by atoms with Crippen LogP contribution in [0, 0.1) is 0 Å². The van der Waals surface area contributed by atoms with Gasteiger partial charge in [-0.3, -0.25) is 9.69 Å². The maximum Gasteiger partial charge on any atom is 0.270 e. The van der Waals surface area contributed by atoms with Gasteiger partial charge in [-0.15, -0.1) is 11.3 Å². The highest BCUT2D eigenvalue weighted by molar-refractivity contribution is 7.09. The van der Waals surface area contributed by atoms with Crippen molar-refractivity contribution in [3.05, 3.63) is 45.9 Å². The lowest BCUT2D eigenvalue weighted by molar-refractivity contribution is 0.0374. The number of rotatable bonds is 8. The van der Waals surface area contributed by atoms with Crippen LogP contribution in [0.1, 0.15) is 27.5 Å². The molecule has 1 fully saturated rings. The predicted octanol–water partition coefficient (Wildman–Crippen LogP) is 2.19. The molecule has 2 heterocycles. The number of benzene rings is 1. The zero-order valence-corrected chi connectivity index (χ0v) is 15.9. The zero-order valence-electron chi connectivity index (χ0n) is 15.1. The number of carbonyl (C=O) groups excluding carboxylic acids is 1. The number of ether oxygens (including phenoxy) is 2. The van der Waals surface area contributed by atoms with Crippen LogP contribution in [0.15, 0.2) is 29.6 Å². The molecule has 1 N–H and O–H groups in total. The molecule has 1 saturated heterocycles. The average molecular weight is 375 g/mol. The molecule has 7 heteroatoms. The lowest BCUT2D eigenvalue weighted by atomic mass is 10.1. The second-order valence-corrected chi connectivity index (χ2v) is 7.16. The first-order valence-corrected chi connectivity index (χ1v) is 9.78. The van der Waals surface area contributed by atoms with Gasteiger partial charge in [0.1, 0.15) is 11.4 Å². The molecule has 1 aromatic heterocycles. The molecular formula is C19H25N3O3S. The smallest absolute Gasteiger partial charge is 0.270 e. The van der Waals surface area contributed by atoms with Crippen molar-refractivity contribution >= 4 is 17.2 Å². The largest absolute Gasteiger partial charge is 0.497 e. The molecule has 3 rings (SSSR count). The van der Waals surface area contributed by atoms with Gasteiger partial charge in [0.05, 0.1) is 25.3 Å². The van der Waals surface area contributed by atoms with E-state index >= 15 is 0 Å². The number of nitrogens with one attached hydrogen (secondary N) is 1. The van der Waals surface area contributed by atoms with Gasteiger partial charge in [-0.05, 0) is 30.7 Å². The monoisotopic (exact) mass is 375 g/mol. The second kappa shape index (κ2) is 9.66. The summed E-state index contributed by atoms with van der Waals surface area (Å²) in [6.45, 7) is 5.23. The Morgan fingerprint density at radius 1 is 1.31 bits per heavy atom. The number of hydrogen-bond acceptors (Lipinski definition) is 6. The van der Waals surface area contributed by atoms with E-state index in [1.165, 1.54) is 11.3 Å². The molecule has 2 aromatic rings. The molecule has 0 unspecified atom stereocenters. The van der Waals surface area contributed by atoms with Crippen molar-refractivity contribution in [1.82, 2.24) is 15.2 Å². The molecule has 1 aliphatic heterocycles. The number of thiazole rings is 1. The van der Waals surface area contributed by atoms with Gasteiger partial charge in [0, 0.05) is 31.4 Å². The van der Waals surface area contributed by atoms with Crippen LogP contribution in [0.25, 0.3) is 0 Å². The summed E-state index contributed by atoms with van der Waals surface area (Å²) in [6, 6.07) is 7.91. The van der Waals surface area contributed by atoms with E-state index in [1.807, 2.05) is 29.6 Å². The first kappa shape index (κ1) is 18.8. The fraction of sp³-hybridized carbons (Fsp3) is 0.474. The summed E-state index contributed by atoms with van der Waals surface area (Å²) in [7, 11) is 1.65. The Morgan fingerprint density at radius 2 is 2.08 bits per heavy atom. The Hall–Kier alpha value is -1.96. The molecular weight excluding hydrogens is 350 g/mol. The Bertz CT molecular complexity index is 696. The van der Waals surface area contributed by atoms with Crippen LogP contribution >= 0.6 is 11.3 Å². The standard InChI is InChI=1S/C19H25N3O3S/c1-24-16-5-3-15(4-6-16)13-18-21-17(14-26-18)19(23)20-7-2-8-22-9-11-25-12-10-22/h3-6,14H,2,7-13H2,1H3,(H,20,23). The van der Waals surface area contributed by atoms with Gasteiger partial charge in [0.25, 0.3) is 5.91 Å². The highest BCUT2D eigenvalue weighted by Gasteiger charge is 2.12. The molecule has 6 nitrogen and oxygen atoms in total. The van der Waals surface area contributed by atoms with Crippen molar-refractivity contribution in [2.45, 2.75) is 12.8 Å². The van der Waals surface area contributed by atoms with Gasteiger partial charge in [-0.1, -0.05) is 12.1 Å². The molecule has 0 atom stereocenters. The number of hydrogen-bond donors (Lipinski definition) is 1. The number of methoxy groups -OCH3 is 1. The van der Waals surface area contributed by atoms with E-state index < -0.39 is 0 Å². The molecule has 140 valence electrons. The number of aromatic nitrogens is 1. The third-order valence-corrected chi connectivity index (χ3v) is 5.19. The van der Waals surface area contributed by atoms with Crippen LogP contribution in [0.3, 0.4) is 0 Å². The minimum Gasteiger partial charge on any atom is -0.497 e. The summed E-state index contributed by atoms with van der Waals surface area (Å²) in [6.07, 6.45) is 1.66. The van der Waals surface area contributed by atoms with Crippen LogP contribution in [0.4, 0.5) is 0 Å². The first-order chi connectivity index (χ1) is 12.7. The van der Waals surface area contributed by atoms with Crippen LogP contribution in [-0.4, -0.2) is 62.3 Å². The normalized spacial score (nSPS) is 15.0. The Kier molecular flexibility index (Phi) is 6.99. The molecule has 1 amide bonds. The van der Waals surface area contributed by atoms with E-state index in [2.05, 4.69) is 15.2 Å². The number of carbonyl (C=O) groups is 1. The van der Waals surface area contributed by atoms with E-state index in [0.29, 0.717) is 12.2 Å². The van der Waals surface area contributed by atoms with E-state index in [1.54, 1.807) is 7.11 Å². The molecule has 0 bridgehead atoms. The van der Waals surface area contributed by atoms with Crippen LogP contribution in [0.2, 0.25) is 0 Å². The Morgan fingerprint density at radius 3 is 2.81 bits per heavy atom. The van der Waals surface area contributed by atoms with E-state index in [0.717, 1.165) is 62.0 Å². The third kappa shape index (κ3) is 5.52.